The minimum atomic E-state index is -3.56. The van der Waals surface area contributed by atoms with Crippen LogP contribution in [-0.4, -0.2) is 89.6 Å². The fraction of sp³-hybridized carbons (Fsp3) is 0.875. The number of hydrogen-bond donors (Lipinski definition) is 4. The summed E-state index contributed by atoms with van der Waals surface area (Å²) in [7, 11) is -3.56. The molecule has 0 spiro atoms. The van der Waals surface area contributed by atoms with Crippen LogP contribution in [0.5, 0.6) is 0 Å². The van der Waals surface area contributed by atoms with E-state index >= 15 is 0 Å². The van der Waals surface area contributed by atoms with Crippen molar-refractivity contribution in [3.05, 3.63) is 0 Å². The van der Waals surface area contributed by atoms with Crippen LogP contribution < -0.4 is 21.3 Å². The van der Waals surface area contributed by atoms with Crippen LogP contribution in [0, 0.1) is 22.7 Å². The molecular weight excluding hydrogens is 695 g/mol. The average molecular weight is 762 g/mol. The summed E-state index contributed by atoms with van der Waals surface area (Å²) < 4.78 is 25.9. The molecule has 0 aromatic carbocycles. The largest absolute Gasteiger partial charge is 0.347 e. The van der Waals surface area contributed by atoms with Crippen molar-refractivity contribution in [1.29, 1.82) is 0 Å². The summed E-state index contributed by atoms with van der Waals surface area (Å²) in [5.41, 5.74) is -1.33. The van der Waals surface area contributed by atoms with Crippen molar-refractivity contribution >= 4 is 39.4 Å². The normalized spacial score (nSPS) is 27.1. The number of carbonyl (C=O) groups excluding carboxylic acids is 5. The van der Waals surface area contributed by atoms with Gasteiger partial charge in [0, 0.05) is 12.6 Å². The van der Waals surface area contributed by atoms with E-state index in [2.05, 4.69) is 42.0 Å². The molecule has 0 aromatic heterocycles. The molecule has 53 heavy (non-hydrogen) atoms. The standard InChI is InChI=1S/C40H67N5O7S/c1-8-9-16-28(32(46)34(48)41-26-17-18-26)42-33(47)31-30-27(38(30,5)6)24-45(31)35(49)29(23-39(7)19-12-10-13-20-39)43-36(50)44-40(21-14-11-15-22-40)25-53(51,52)37(2,3)4/h26-31H,8-25H2,1-7H3,(H,41,48)(H,42,47)(H2,43,44,50)/t27?,28-,29?,30?,31-/m0/s1. The van der Waals surface area contributed by atoms with E-state index in [1.165, 1.54) is 0 Å². The van der Waals surface area contributed by atoms with Gasteiger partial charge >= 0.3 is 6.03 Å². The van der Waals surface area contributed by atoms with Gasteiger partial charge in [-0.3, -0.25) is 19.2 Å². The Morgan fingerprint density at radius 2 is 1.45 bits per heavy atom. The third-order valence-corrected chi connectivity index (χ3v) is 16.1. The molecule has 13 heteroatoms. The van der Waals surface area contributed by atoms with Gasteiger partial charge in [-0.15, -0.1) is 0 Å². The Labute approximate surface area is 317 Å². The van der Waals surface area contributed by atoms with E-state index in [0.29, 0.717) is 38.6 Å². The van der Waals surface area contributed by atoms with E-state index in [4.69, 9.17) is 0 Å². The van der Waals surface area contributed by atoms with Crippen LogP contribution in [-0.2, 0) is 29.0 Å². The molecule has 1 aliphatic heterocycles. The number of unbranched alkanes of at least 4 members (excludes halogenated alkanes) is 1. The monoisotopic (exact) mass is 761 g/mol. The van der Waals surface area contributed by atoms with Gasteiger partial charge in [0.25, 0.3) is 5.91 Å². The van der Waals surface area contributed by atoms with Crippen molar-refractivity contribution in [2.24, 2.45) is 22.7 Å². The Bertz CT molecular complexity index is 1500. The van der Waals surface area contributed by atoms with Crippen LogP contribution in [0.4, 0.5) is 4.79 Å². The fourth-order valence-corrected chi connectivity index (χ4v) is 11.0. The Balaban J connectivity index is 1.38. The Morgan fingerprint density at radius 1 is 0.849 bits per heavy atom. The van der Waals surface area contributed by atoms with E-state index in [0.717, 1.165) is 70.6 Å². The van der Waals surface area contributed by atoms with Crippen molar-refractivity contribution < 1.29 is 32.4 Å². The summed E-state index contributed by atoms with van der Waals surface area (Å²) in [6, 6.07) is -3.33. The number of Topliss-reactive ketones (excluding diaryl/α,β-unsaturated/α-hetero) is 1. The van der Waals surface area contributed by atoms with Crippen LogP contribution in [0.1, 0.15) is 151 Å². The van der Waals surface area contributed by atoms with Crippen molar-refractivity contribution in [3.8, 4) is 0 Å². The number of sulfone groups is 1. The minimum absolute atomic E-state index is 0.00786. The van der Waals surface area contributed by atoms with Gasteiger partial charge in [-0.2, -0.15) is 0 Å². The Kier molecular flexibility index (Phi) is 12.4. The highest BCUT2D eigenvalue weighted by molar-refractivity contribution is 7.92. The van der Waals surface area contributed by atoms with Crippen molar-refractivity contribution in [2.45, 2.75) is 186 Å². The first-order valence-corrected chi connectivity index (χ1v) is 22.1. The SMILES string of the molecule is CCCC[C@H](NC(=O)[C@@H]1C2C(CN1C(=O)C(CC1(C)CCCCC1)NC(=O)NC1(CS(=O)(=O)C(C)(C)C)CCCCC1)C2(C)C)C(=O)C(=O)NC1CC1. The zero-order chi connectivity index (χ0) is 39.0. The molecule has 300 valence electrons. The predicted octanol–water partition coefficient (Wildman–Crippen LogP) is 4.94. The molecule has 3 unspecified atom stereocenters. The van der Waals surface area contributed by atoms with E-state index in [1.807, 2.05) is 6.92 Å². The lowest BCUT2D eigenvalue weighted by Gasteiger charge is -2.41. The van der Waals surface area contributed by atoms with E-state index < -0.39 is 61.9 Å². The number of nitrogens with one attached hydrogen (secondary N) is 4. The second-order valence-electron chi connectivity index (χ2n) is 19.1. The number of carbonyl (C=O) groups is 5. The smallest absolute Gasteiger partial charge is 0.315 e. The highest BCUT2D eigenvalue weighted by Crippen LogP contribution is 2.65. The topological polar surface area (TPSA) is 171 Å². The highest BCUT2D eigenvalue weighted by atomic mass is 32.2. The quantitative estimate of drug-likeness (QED) is 0.171. The van der Waals surface area contributed by atoms with E-state index in [9.17, 15) is 32.4 Å². The van der Waals surface area contributed by atoms with Gasteiger partial charge in [-0.1, -0.05) is 79.1 Å². The molecule has 5 atom stereocenters. The summed E-state index contributed by atoms with van der Waals surface area (Å²) >= 11 is 0. The molecule has 5 aliphatic rings. The van der Waals surface area contributed by atoms with Crippen LogP contribution in [0.2, 0.25) is 0 Å². The van der Waals surface area contributed by atoms with Crippen molar-refractivity contribution in [2.75, 3.05) is 12.3 Å². The first-order chi connectivity index (χ1) is 24.7. The van der Waals surface area contributed by atoms with Crippen LogP contribution in [0.15, 0.2) is 0 Å². The molecule has 4 N–H and O–H groups in total. The molecule has 4 saturated carbocycles. The first kappa shape index (κ1) is 41.5. The average Bonchev–Trinajstić information content (AvgIpc) is 3.92. The molecule has 1 saturated heterocycles. The number of piperidine rings is 1. The minimum Gasteiger partial charge on any atom is -0.347 e. The number of fused-ring (bicyclic) bond motifs is 1. The van der Waals surface area contributed by atoms with Gasteiger partial charge < -0.3 is 26.2 Å². The fourth-order valence-electron chi connectivity index (χ4n) is 9.44. The summed E-state index contributed by atoms with van der Waals surface area (Å²) in [4.78, 5) is 70.9. The molecule has 5 amide bonds. The van der Waals surface area contributed by atoms with Crippen LogP contribution in [0.25, 0.3) is 0 Å². The van der Waals surface area contributed by atoms with Gasteiger partial charge in [0.05, 0.1) is 22.1 Å². The van der Waals surface area contributed by atoms with Crippen LogP contribution in [0.3, 0.4) is 0 Å². The maximum absolute atomic E-state index is 14.8. The number of urea groups is 1. The zero-order valence-electron chi connectivity index (χ0n) is 33.4. The number of likely N-dealkylation sites (tertiary alicyclic amines) is 1. The molecule has 1 heterocycles. The molecule has 5 rings (SSSR count). The maximum Gasteiger partial charge on any atom is 0.315 e. The predicted molar refractivity (Wildman–Crippen MR) is 205 cm³/mol. The van der Waals surface area contributed by atoms with E-state index in [-0.39, 0.29) is 40.4 Å². The van der Waals surface area contributed by atoms with E-state index in [1.54, 1.807) is 25.7 Å². The van der Waals surface area contributed by atoms with Crippen molar-refractivity contribution in [1.82, 2.24) is 26.2 Å². The molecule has 0 radical (unpaired) electrons. The number of nitrogens with zero attached hydrogens (tertiary/aromatic N) is 1. The summed E-state index contributed by atoms with van der Waals surface area (Å²) in [6.07, 6.45) is 12.5. The van der Waals surface area contributed by atoms with Crippen molar-refractivity contribution in [3.63, 3.8) is 0 Å². The number of hydrogen-bond acceptors (Lipinski definition) is 7. The molecule has 5 fully saturated rings. The number of rotatable bonds is 15. The lowest BCUT2D eigenvalue weighted by atomic mass is 9.71. The van der Waals surface area contributed by atoms with Gasteiger partial charge in [0.15, 0.2) is 9.84 Å². The maximum atomic E-state index is 14.8. The van der Waals surface area contributed by atoms with Gasteiger partial charge in [0.1, 0.15) is 12.1 Å². The summed E-state index contributed by atoms with van der Waals surface area (Å²) in [5, 5.41) is 11.8. The Morgan fingerprint density at radius 3 is 2.02 bits per heavy atom. The highest BCUT2D eigenvalue weighted by Gasteiger charge is 2.69. The molecule has 4 aliphatic carbocycles. The number of ketones is 1. The lowest BCUT2D eigenvalue weighted by Crippen LogP contribution is -2.62. The van der Waals surface area contributed by atoms with Gasteiger partial charge in [-0.25, -0.2) is 13.2 Å². The molecule has 0 aromatic rings. The third-order valence-electron chi connectivity index (χ3n) is 13.3. The Hall–Kier alpha value is -2.70. The molecular formula is C40H67N5O7S. The summed E-state index contributed by atoms with van der Waals surface area (Å²) in [6.45, 7) is 13.7. The first-order valence-electron chi connectivity index (χ1n) is 20.5. The molecule has 12 nitrogen and oxygen atoms in total. The van der Waals surface area contributed by atoms with Gasteiger partial charge in [-0.05, 0) is 94.8 Å². The summed E-state index contributed by atoms with van der Waals surface area (Å²) in [5.74, 6) is -2.33. The second kappa shape index (κ2) is 15.8. The van der Waals surface area contributed by atoms with Crippen LogP contribution >= 0.6 is 0 Å². The zero-order valence-corrected chi connectivity index (χ0v) is 34.2. The lowest BCUT2D eigenvalue weighted by molar-refractivity contribution is -0.144. The third kappa shape index (κ3) is 9.58. The van der Waals surface area contributed by atoms with Gasteiger partial charge in [0.2, 0.25) is 17.6 Å². The molecule has 0 bridgehead atoms. The number of amides is 5. The second-order valence-corrected chi connectivity index (χ2v) is 21.9.